The number of nitrogens with two attached hydrogens (primary N) is 1. The summed E-state index contributed by atoms with van der Waals surface area (Å²) < 4.78 is 14.1. The van der Waals surface area contributed by atoms with Crippen LogP contribution in [0.4, 0.5) is 4.39 Å². The maximum Gasteiger partial charge on any atom is 0.193 e. The standard InChI is InChI=1S/C18H17ClFN3OS/c19-13-3-1-10(2-4-13)7-22-8-12-9-23-16-14(17(12)24)5-11(18(21)25)6-15(16)20/h1-6,9,18,22,25H,7-8,21H2,(H,23,24). The lowest BCUT2D eigenvalue weighted by Crippen LogP contribution is -2.20. The van der Waals surface area contributed by atoms with Gasteiger partial charge in [-0.2, -0.15) is 12.6 Å². The van der Waals surface area contributed by atoms with Crippen molar-refractivity contribution < 1.29 is 4.39 Å². The molecule has 25 heavy (non-hydrogen) atoms. The second-order valence-corrected chi connectivity index (χ2v) is 6.74. The Labute approximate surface area is 154 Å². The molecular weight excluding hydrogens is 361 g/mol. The summed E-state index contributed by atoms with van der Waals surface area (Å²) >= 11 is 9.96. The highest BCUT2D eigenvalue weighted by Crippen LogP contribution is 2.21. The van der Waals surface area contributed by atoms with E-state index in [0.29, 0.717) is 29.2 Å². The maximum absolute atomic E-state index is 14.1. The molecule has 4 N–H and O–H groups in total. The number of hydrogen-bond acceptors (Lipinski definition) is 4. The van der Waals surface area contributed by atoms with Crippen molar-refractivity contribution in [3.05, 3.63) is 80.3 Å². The summed E-state index contributed by atoms with van der Waals surface area (Å²) in [5.74, 6) is -0.519. The van der Waals surface area contributed by atoms with Gasteiger partial charge in [-0.25, -0.2) is 4.39 Å². The Morgan fingerprint density at radius 2 is 1.96 bits per heavy atom. The Morgan fingerprint density at radius 3 is 2.64 bits per heavy atom. The van der Waals surface area contributed by atoms with E-state index < -0.39 is 11.2 Å². The molecule has 0 radical (unpaired) electrons. The molecule has 0 fully saturated rings. The summed E-state index contributed by atoms with van der Waals surface area (Å²) in [5.41, 5.74) is 7.66. The van der Waals surface area contributed by atoms with Gasteiger partial charge in [0.25, 0.3) is 0 Å². The van der Waals surface area contributed by atoms with Crippen LogP contribution in [0, 0.1) is 5.82 Å². The van der Waals surface area contributed by atoms with E-state index in [0.717, 1.165) is 5.56 Å². The van der Waals surface area contributed by atoms with Crippen LogP contribution in [0.15, 0.2) is 47.4 Å². The van der Waals surface area contributed by atoms with Crippen LogP contribution in [0.25, 0.3) is 10.9 Å². The molecule has 0 saturated heterocycles. The summed E-state index contributed by atoms with van der Waals surface area (Å²) in [6.45, 7) is 0.942. The molecule has 0 aliphatic heterocycles. The zero-order valence-electron chi connectivity index (χ0n) is 13.2. The molecule has 0 spiro atoms. The number of hydrogen-bond donors (Lipinski definition) is 4. The van der Waals surface area contributed by atoms with Crippen molar-refractivity contribution in [1.29, 1.82) is 0 Å². The topological polar surface area (TPSA) is 70.9 Å². The van der Waals surface area contributed by atoms with Crippen molar-refractivity contribution in [2.45, 2.75) is 18.5 Å². The highest BCUT2D eigenvalue weighted by molar-refractivity contribution is 7.80. The van der Waals surface area contributed by atoms with E-state index >= 15 is 0 Å². The van der Waals surface area contributed by atoms with Crippen molar-refractivity contribution in [1.82, 2.24) is 10.3 Å². The number of halogens is 2. The summed E-state index contributed by atoms with van der Waals surface area (Å²) in [5, 5.41) is 3.49. The number of fused-ring (bicyclic) bond motifs is 1. The summed E-state index contributed by atoms with van der Waals surface area (Å²) in [7, 11) is 0. The number of aromatic nitrogens is 1. The van der Waals surface area contributed by atoms with Crippen LogP contribution < -0.4 is 16.5 Å². The first-order valence-corrected chi connectivity index (χ1v) is 8.57. The Balaban J connectivity index is 1.83. The molecule has 1 unspecified atom stereocenters. The molecule has 4 nitrogen and oxygen atoms in total. The van der Waals surface area contributed by atoms with E-state index in [4.69, 9.17) is 17.3 Å². The van der Waals surface area contributed by atoms with Gasteiger partial charge in [0.1, 0.15) is 5.82 Å². The fourth-order valence-electron chi connectivity index (χ4n) is 2.60. The normalized spacial score (nSPS) is 12.5. The van der Waals surface area contributed by atoms with Gasteiger partial charge in [0.05, 0.1) is 10.9 Å². The number of pyridine rings is 1. The Bertz CT molecular complexity index is 957. The Kier molecular flexibility index (Phi) is 5.44. The monoisotopic (exact) mass is 377 g/mol. The van der Waals surface area contributed by atoms with Gasteiger partial charge in [0, 0.05) is 35.3 Å². The first-order valence-electron chi connectivity index (χ1n) is 7.68. The van der Waals surface area contributed by atoms with Gasteiger partial charge in [-0.15, -0.1) is 0 Å². The number of aromatic amines is 1. The molecule has 1 aromatic heterocycles. The molecular formula is C18H17ClFN3OS. The van der Waals surface area contributed by atoms with E-state index in [9.17, 15) is 9.18 Å². The van der Waals surface area contributed by atoms with Crippen LogP contribution >= 0.6 is 24.2 Å². The van der Waals surface area contributed by atoms with E-state index in [1.807, 2.05) is 24.3 Å². The SMILES string of the molecule is NC(S)c1cc(F)c2[nH]cc(CNCc3ccc(Cl)cc3)c(=O)c2c1. The number of benzene rings is 2. The molecule has 0 bridgehead atoms. The fourth-order valence-corrected chi connectivity index (χ4v) is 2.87. The molecule has 130 valence electrons. The van der Waals surface area contributed by atoms with Crippen molar-refractivity contribution >= 4 is 35.1 Å². The lowest BCUT2D eigenvalue weighted by Gasteiger charge is -2.10. The highest BCUT2D eigenvalue weighted by Gasteiger charge is 2.12. The summed E-state index contributed by atoms with van der Waals surface area (Å²) in [6, 6.07) is 10.3. The summed E-state index contributed by atoms with van der Waals surface area (Å²) in [4.78, 5) is 15.5. The second-order valence-electron chi connectivity index (χ2n) is 5.74. The smallest absolute Gasteiger partial charge is 0.193 e. The average Bonchev–Trinajstić information content (AvgIpc) is 2.59. The third kappa shape index (κ3) is 4.04. The second kappa shape index (κ2) is 7.58. The predicted octanol–water partition coefficient (Wildman–Crippen LogP) is 3.50. The highest BCUT2D eigenvalue weighted by atomic mass is 35.5. The molecule has 1 atom stereocenters. The van der Waals surface area contributed by atoms with Crippen molar-refractivity contribution in [2.24, 2.45) is 5.73 Å². The lowest BCUT2D eigenvalue weighted by atomic mass is 10.1. The average molecular weight is 378 g/mol. The minimum Gasteiger partial charge on any atom is -0.358 e. The largest absolute Gasteiger partial charge is 0.358 e. The first-order chi connectivity index (χ1) is 12.0. The third-order valence-corrected chi connectivity index (χ3v) is 4.49. The third-order valence-electron chi connectivity index (χ3n) is 3.94. The fraction of sp³-hybridized carbons (Fsp3) is 0.167. The van der Waals surface area contributed by atoms with Crippen molar-refractivity contribution in [2.75, 3.05) is 0 Å². The van der Waals surface area contributed by atoms with E-state index in [2.05, 4.69) is 22.9 Å². The maximum atomic E-state index is 14.1. The zero-order chi connectivity index (χ0) is 18.0. The molecule has 7 heteroatoms. The minimum absolute atomic E-state index is 0.171. The molecule has 0 aliphatic carbocycles. The Morgan fingerprint density at radius 1 is 1.24 bits per heavy atom. The molecule has 0 aliphatic rings. The molecule has 1 heterocycles. The van der Waals surface area contributed by atoms with Gasteiger partial charge in [-0.05, 0) is 35.4 Å². The molecule has 2 aromatic carbocycles. The number of nitrogens with one attached hydrogen (secondary N) is 2. The quantitative estimate of drug-likeness (QED) is 0.406. The van der Waals surface area contributed by atoms with Crippen LogP contribution in [-0.2, 0) is 13.1 Å². The van der Waals surface area contributed by atoms with Crippen molar-refractivity contribution in [3.63, 3.8) is 0 Å². The van der Waals surface area contributed by atoms with Gasteiger partial charge >= 0.3 is 0 Å². The van der Waals surface area contributed by atoms with E-state index in [1.165, 1.54) is 12.3 Å². The number of H-pyrrole nitrogens is 1. The molecule has 3 aromatic rings. The molecule has 0 saturated carbocycles. The van der Waals surface area contributed by atoms with Gasteiger partial charge in [0.15, 0.2) is 5.43 Å². The van der Waals surface area contributed by atoms with Crippen LogP contribution in [0.3, 0.4) is 0 Å². The predicted molar refractivity (Wildman–Crippen MR) is 102 cm³/mol. The number of thiol groups is 1. The Hall–Kier alpha value is -1.86. The van der Waals surface area contributed by atoms with Crippen molar-refractivity contribution in [3.8, 4) is 0 Å². The van der Waals surface area contributed by atoms with Gasteiger partial charge in [-0.3, -0.25) is 4.79 Å². The van der Waals surface area contributed by atoms with E-state index in [-0.39, 0.29) is 16.3 Å². The van der Waals surface area contributed by atoms with Gasteiger partial charge in [0.2, 0.25) is 0 Å². The van der Waals surface area contributed by atoms with Gasteiger partial charge in [-0.1, -0.05) is 23.7 Å². The van der Waals surface area contributed by atoms with Crippen LogP contribution in [0.1, 0.15) is 22.1 Å². The molecule has 0 amide bonds. The van der Waals surface area contributed by atoms with Gasteiger partial charge < -0.3 is 16.0 Å². The van der Waals surface area contributed by atoms with Crippen LogP contribution in [-0.4, -0.2) is 4.98 Å². The molecule has 3 rings (SSSR count). The van der Waals surface area contributed by atoms with Crippen LogP contribution in [0.2, 0.25) is 5.02 Å². The number of rotatable bonds is 5. The summed E-state index contributed by atoms with van der Waals surface area (Å²) in [6.07, 6.45) is 1.53. The lowest BCUT2D eigenvalue weighted by molar-refractivity contribution is 0.633. The minimum atomic E-state index is -0.648. The van der Waals surface area contributed by atoms with Crippen LogP contribution in [0.5, 0.6) is 0 Å². The first kappa shape index (κ1) is 17.9. The van der Waals surface area contributed by atoms with E-state index in [1.54, 1.807) is 6.07 Å². The zero-order valence-corrected chi connectivity index (χ0v) is 14.9.